The van der Waals surface area contributed by atoms with Crippen LogP contribution in [0.4, 0.5) is 0 Å². The summed E-state index contributed by atoms with van der Waals surface area (Å²) < 4.78 is 0. The maximum absolute atomic E-state index is 5.42. The first-order valence-electron chi connectivity index (χ1n) is 4.44. The maximum Gasteiger partial charge on any atom is 0.0471 e. The van der Waals surface area contributed by atoms with Crippen LogP contribution in [-0.4, -0.2) is 18.3 Å². The molecule has 1 atom stereocenters. The van der Waals surface area contributed by atoms with Gasteiger partial charge < -0.3 is 5.73 Å². The molecule has 0 aromatic rings. The highest BCUT2D eigenvalue weighted by Crippen LogP contribution is 2.03. The molecule has 0 aliphatic heterocycles. The summed E-state index contributed by atoms with van der Waals surface area (Å²) in [5, 5.41) is 0. The average Bonchev–Trinajstić information content (AvgIpc) is 2.00. The van der Waals surface area contributed by atoms with Crippen molar-refractivity contribution in [3.63, 3.8) is 0 Å². The van der Waals surface area contributed by atoms with Crippen molar-refractivity contribution in [3.05, 3.63) is 0 Å². The Kier molecular flexibility index (Phi) is 6.13. The van der Waals surface area contributed by atoms with Crippen LogP contribution in [0.3, 0.4) is 0 Å². The molecule has 0 aliphatic carbocycles. The third-order valence-electron chi connectivity index (χ3n) is 1.71. The average molecular weight is 156 g/mol. The molecule has 0 aliphatic rings. The van der Waals surface area contributed by atoms with E-state index in [9.17, 15) is 0 Å². The Morgan fingerprint density at radius 3 is 2.64 bits per heavy atom. The fourth-order valence-corrected chi connectivity index (χ4v) is 0.993. The lowest BCUT2D eigenvalue weighted by molar-refractivity contribution is 0.617. The molecule has 1 unspecified atom stereocenters. The predicted octanol–water partition coefficient (Wildman–Crippen LogP) is 1.98. The van der Waals surface area contributed by atoms with Crippen molar-refractivity contribution in [2.24, 2.45) is 10.7 Å². The van der Waals surface area contributed by atoms with E-state index in [4.69, 9.17) is 5.73 Å². The number of aliphatic imine (C=N–C) groups is 1. The van der Waals surface area contributed by atoms with E-state index in [-0.39, 0.29) is 0 Å². The van der Waals surface area contributed by atoms with Gasteiger partial charge >= 0.3 is 0 Å². The molecule has 0 saturated carbocycles. The lowest BCUT2D eigenvalue weighted by atomic mass is 10.1. The Morgan fingerprint density at radius 1 is 1.55 bits per heavy atom. The Morgan fingerprint density at radius 2 is 2.18 bits per heavy atom. The molecule has 2 N–H and O–H groups in total. The number of hydrogen-bond donors (Lipinski definition) is 1. The number of rotatable bonds is 5. The van der Waals surface area contributed by atoms with Crippen molar-refractivity contribution in [1.82, 2.24) is 0 Å². The van der Waals surface area contributed by atoms with Crippen molar-refractivity contribution in [3.8, 4) is 0 Å². The van der Waals surface area contributed by atoms with Crippen LogP contribution in [0.5, 0.6) is 0 Å². The van der Waals surface area contributed by atoms with Gasteiger partial charge in [-0.3, -0.25) is 4.99 Å². The molecule has 66 valence electrons. The Hall–Kier alpha value is -0.370. The molecule has 11 heavy (non-hydrogen) atoms. The van der Waals surface area contributed by atoms with Gasteiger partial charge in [0.15, 0.2) is 0 Å². The second-order valence-corrected chi connectivity index (χ2v) is 3.06. The van der Waals surface area contributed by atoms with Crippen LogP contribution in [0.2, 0.25) is 0 Å². The summed E-state index contributed by atoms with van der Waals surface area (Å²) in [5.41, 5.74) is 6.48. The second kappa shape index (κ2) is 6.35. The smallest absolute Gasteiger partial charge is 0.0471 e. The number of unbranched alkanes of at least 4 members (excludes halogenated alkanes) is 1. The molecule has 0 heterocycles. The standard InChI is InChI=1S/C9H20N2/c1-4-5-6-8(2)11-9(3)7-10/h8H,4-7,10H2,1-3H3. The second-order valence-electron chi connectivity index (χ2n) is 3.06. The Bertz CT molecular complexity index is 119. The Labute approximate surface area is 69.9 Å². The normalized spacial score (nSPS) is 15.1. The third kappa shape index (κ3) is 6.05. The van der Waals surface area contributed by atoms with Crippen LogP contribution in [0, 0.1) is 0 Å². The number of hydrogen-bond acceptors (Lipinski definition) is 2. The first-order valence-corrected chi connectivity index (χ1v) is 4.44. The van der Waals surface area contributed by atoms with E-state index < -0.39 is 0 Å². The highest BCUT2D eigenvalue weighted by molar-refractivity contribution is 5.83. The van der Waals surface area contributed by atoms with E-state index in [0.29, 0.717) is 12.6 Å². The molecule has 0 aromatic heterocycles. The van der Waals surface area contributed by atoms with Gasteiger partial charge in [-0.2, -0.15) is 0 Å². The topological polar surface area (TPSA) is 38.4 Å². The molecule has 0 amide bonds. The first kappa shape index (κ1) is 10.6. The zero-order valence-corrected chi connectivity index (χ0v) is 7.93. The van der Waals surface area contributed by atoms with Crippen molar-refractivity contribution in [2.45, 2.75) is 46.1 Å². The first-order chi connectivity index (χ1) is 5.20. The number of nitrogens with two attached hydrogens (primary N) is 1. The molecule has 0 fully saturated rings. The highest BCUT2D eigenvalue weighted by Gasteiger charge is 1.97. The molecular weight excluding hydrogens is 136 g/mol. The monoisotopic (exact) mass is 156 g/mol. The van der Waals surface area contributed by atoms with Crippen LogP contribution in [0.1, 0.15) is 40.0 Å². The zero-order chi connectivity index (χ0) is 8.69. The van der Waals surface area contributed by atoms with Gasteiger partial charge in [0.05, 0.1) is 0 Å². The van der Waals surface area contributed by atoms with Crippen LogP contribution in [0.15, 0.2) is 4.99 Å². The molecular formula is C9H20N2. The van der Waals surface area contributed by atoms with Crippen LogP contribution >= 0.6 is 0 Å². The van der Waals surface area contributed by atoms with Crippen LogP contribution in [-0.2, 0) is 0 Å². The summed E-state index contributed by atoms with van der Waals surface area (Å²) in [6, 6.07) is 0.457. The van der Waals surface area contributed by atoms with Gasteiger partial charge in [-0.25, -0.2) is 0 Å². The van der Waals surface area contributed by atoms with E-state index in [0.717, 1.165) is 5.71 Å². The lowest BCUT2D eigenvalue weighted by Gasteiger charge is -2.05. The summed E-state index contributed by atoms with van der Waals surface area (Å²) in [4.78, 5) is 4.42. The summed E-state index contributed by atoms with van der Waals surface area (Å²) in [5.74, 6) is 0. The van der Waals surface area contributed by atoms with Gasteiger partial charge in [0, 0.05) is 18.3 Å². The van der Waals surface area contributed by atoms with Gasteiger partial charge in [0.2, 0.25) is 0 Å². The molecule has 0 saturated heterocycles. The van der Waals surface area contributed by atoms with Crippen molar-refractivity contribution >= 4 is 5.71 Å². The van der Waals surface area contributed by atoms with E-state index in [1.807, 2.05) is 6.92 Å². The van der Waals surface area contributed by atoms with Gasteiger partial charge in [0.25, 0.3) is 0 Å². The summed E-state index contributed by atoms with van der Waals surface area (Å²) in [6.07, 6.45) is 3.71. The SMILES string of the molecule is CCCCC(C)N=C(C)CN. The Balaban J connectivity index is 3.57. The largest absolute Gasteiger partial charge is 0.326 e. The predicted molar refractivity (Wildman–Crippen MR) is 51.2 cm³/mol. The van der Waals surface area contributed by atoms with Crippen LogP contribution < -0.4 is 5.73 Å². The van der Waals surface area contributed by atoms with E-state index in [2.05, 4.69) is 18.8 Å². The summed E-state index contributed by atoms with van der Waals surface area (Å²) in [6.45, 7) is 6.93. The molecule has 0 radical (unpaired) electrons. The van der Waals surface area contributed by atoms with Gasteiger partial charge in [-0.05, 0) is 20.3 Å². The minimum Gasteiger partial charge on any atom is -0.326 e. The summed E-state index contributed by atoms with van der Waals surface area (Å²) >= 11 is 0. The quantitative estimate of drug-likeness (QED) is 0.607. The van der Waals surface area contributed by atoms with Gasteiger partial charge in [-0.1, -0.05) is 19.8 Å². The van der Waals surface area contributed by atoms with E-state index in [1.165, 1.54) is 19.3 Å². The molecule has 0 rings (SSSR count). The third-order valence-corrected chi connectivity index (χ3v) is 1.71. The van der Waals surface area contributed by atoms with Gasteiger partial charge in [-0.15, -0.1) is 0 Å². The van der Waals surface area contributed by atoms with Gasteiger partial charge in [0.1, 0.15) is 0 Å². The highest BCUT2D eigenvalue weighted by atomic mass is 14.8. The van der Waals surface area contributed by atoms with Crippen molar-refractivity contribution in [2.75, 3.05) is 6.54 Å². The minimum atomic E-state index is 0.457. The number of nitrogens with zero attached hydrogens (tertiary/aromatic N) is 1. The molecule has 2 nitrogen and oxygen atoms in total. The maximum atomic E-state index is 5.42. The van der Waals surface area contributed by atoms with E-state index in [1.54, 1.807) is 0 Å². The lowest BCUT2D eigenvalue weighted by Crippen LogP contribution is -2.12. The fourth-order valence-electron chi connectivity index (χ4n) is 0.993. The molecule has 0 spiro atoms. The summed E-state index contributed by atoms with van der Waals surface area (Å²) in [7, 11) is 0. The fraction of sp³-hybridized carbons (Fsp3) is 0.889. The van der Waals surface area contributed by atoms with Crippen LogP contribution in [0.25, 0.3) is 0 Å². The minimum absolute atomic E-state index is 0.457. The molecule has 0 aromatic carbocycles. The van der Waals surface area contributed by atoms with Crippen molar-refractivity contribution in [1.29, 1.82) is 0 Å². The molecule has 2 heteroatoms. The molecule has 0 bridgehead atoms. The zero-order valence-electron chi connectivity index (χ0n) is 7.93. The van der Waals surface area contributed by atoms with E-state index >= 15 is 0 Å². The van der Waals surface area contributed by atoms with Crippen molar-refractivity contribution < 1.29 is 0 Å².